The highest BCUT2D eigenvalue weighted by Crippen LogP contribution is 2.37. The van der Waals surface area contributed by atoms with Crippen molar-refractivity contribution >= 4 is 11.6 Å². The second-order valence-corrected chi connectivity index (χ2v) is 5.62. The molecule has 1 aliphatic carbocycles. The first-order chi connectivity index (χ1) is 9.34. The second-order valence-electron chi connectivity index (χ2n) is 5.62. The lowest BCUT2D eigenvalue weighted by atomic mass is 9.78. The van der Waals surface area contributed by atoms with Crippen molar-refractivity contribution < 1.29 is 19.4 Å². The number of ether oxygens (including phenoxy) is 1. The zero-order valence-corrected chi connectivity index (χ0v) is 11.2. The van der Waals surface area contributed by atoms with E-state index in [9.17, 15) is 14.7 Å². The fourth-order valence-electron chi connectivity index (χ4n) is 2.69. The van der Waals surface area contributed by atoms with Crippen LogP contribution in [0.15, 0.2) is 35.6 Å². The number of fused-ring (bicyclic) bond motifs is 1. The van der Waals surface area contributed by atoms with Crippen LogP contribution in [0.1, 0.15) is 34.6 Å². The van der Waals surface area contributed by atoms with Gasteiger partial charge in [0.2, 0.25) is 5.78 Å². The summed E-state index contributed by atoms with van der Waals surface area (Å²) in [6.07, 6.45) is -1.05. The molecule has 0 saturated carbocycles. The van der Waals surface area contributed by atoms with Crippen molar-refractivity contribution in [3.05, 3.63) is 46.7 Å². The van der Waals surface area contributed by atoms with Crippen molar-refractivity contribution in [3.63, 3.8) is 0 Å². The Morgan fingerprint density at radius 3 is 2.30 bits per heavy atom. The van der Waals surface area contributed by atoms with Gasteiger partial charge < -0.3 is 15.6 Å². The Hall–Kier alpha value is -1.98. The summed E-state index contributed by atoms with van der Waals surface area (Å²) in [5.41, 5.74) is 5.64. The summed E-state index contributed by atoms with van der Waals surface area (Å²) in [4.78, 5) is 24.9. The predicted molar refractivity (Wildman–Crippen MR) is 71.3 cm³/mol. The van der Waals surface area contributed by atoms with Crippen LogP contribution >= 0.6 is 0 Å². The molecule has 2 unspecified atom stereocenters. The van der Waals surface area contributed by atoms with Gasteiger partial charge in [-0.15, -0.1) is 0 Å². The minimum absolute atomic E-state index is 0.0310. The Bertz CT molecular complexity index is 660. The molecule has 0 amide bonds. The minimum atomic E-state index is -1.05. The Kier molecular flexibility index (Phi) is 2.61. The lowest BCUT2D eigenvalue weighted by Crippen LogP contribution is -2.57. The van der Waals surface area contributed by atoms with E-state index in [1.165, 1.54) is 0 Å². The maximum atomic E-state index is 12.5. The molecule has 0 spiro atoms. The summed E-state index contributed by atoms with van der Waals surface area (Å²) in [5.74, 6) is -0.737. The van der Waals surface area contributed by atoms with Crippen molar-refractivity contribution in [1.82, 2.24) is 0 Å². The summed E-state index contributed by atoms with van der Waals surface area (Å²) in [6.45, 7) is 3.28. The van der Waals surface area contributed by atoms with Crippen LogP contribution in [-0.2, 0) is 4.74 Å². The normalized spacial score (nSPS) is 27.8. The molecule has 0 fully saturated rings. The number of allylic oxidation sites excluding steroid dienone is 1. The lowest BCUT2D eigenvalue weighted by Gasteiger charge is -2.42. The number of hydrogen-bond donors (Lipinski definition) is 2. The topological polar surface area (TPSA) is 89.6 Å². The lowest BCUT2D eigenvalue weighted by molar-refractivity contribution is -0.0870. The van der Waals surface area contributed by atoms with Gasteiger partial charge in [0, 0.05) is 11.1 Å². The summed E-state index contributed by atoms with van der Waals surface area (Å²) >= 11 is 0. The summed E-state index contributed by atoms with van der Waals surface area (Å²) in [5, 5.41) is 10.1. The number of hydrogen-bond acceptors (Lipinski definition) is 5. The monoisotopic (exact) mass is 273 g/mol. The Morgan fingerprint density at radius 1 is 1.15 bits per heavy atom. The maximum Gasteiger partial charge on any atom is 0.228 e. The van der Waals surface area contributed by atoms with E-state index in [1.807, 2.05) is 0 Å². The van der Waals surface area contributed by atoms with Gasteiger partial charge in [0.25, 0.3) is 0 Å². The van der Waals surface area contributed by atoms with Crippen LogP contribution < -0.4 is 5.73 Å². The van der Waals surface area contributed by atoms with Gasteiger partial charge in [-0.25, -0.2) is 0 Å². The standard InChI is InChI=1S/C15H15NO4/c1-15(2)14(19)10(16)9-11(17)7-5-3-4-6-8(7)12(18)13(9)20-15/h3-6,10,14,19H,16H2,1-2H3. The van der Waals surface area contributed by atoms with Crippen LogP contribution in [0.25, 0.3) is 0 Å². The van der Waals surface area contributed by atoms with E-state index in [4.69, 9.17) is 10.5 Å². The molecule has 1 aromatic rings. The molecule has 0 saturated heterocycles. The molecule has 20 heavy (non-hydrogen) atoms. The van der Waals surface area contributed by atoms with E-state index in [1.54, 1.807) is 38.1 Å². The molecule has 0 aromatic heterocycles. The van der Waals surface area contributed by atoms with Crippen molar-refractivity contribution in [2.45, 2.75) is 31.6 Å². The maximum absolute atomic E-state index is 12.5. The molecule has 1 aromatic carbocycles. The number of aliphatic hydroxyl groups is 1. The Balaban J connectivity index is 2.22. The van der Waals surface area contributed by atoms with Gasteiger partial charge >= 0.3 is 0 Å². The van der Waals surface area contributed by atoms with E-state index < -0.39 is 17.7 Å². The number of benzene rings is 1. The molecule has 3 rings (SSSR count). The molecule has 1 aliphatic heterocycles. The van der Waals surface area contributed by atoms with Crippen molar-refractivity contribution in [2.24, 2.45) is 5.73 Å². The molecule has 0 radical (unpaired) electrons. The van der Waals surface area contributed by atoms with Crippen LogP contribution in [0.5, 0.6) is 0 Å². The van der Waals surface area contributed by atoms with E-state index in [2.05, 4.69) is 0 Å². The third-order valence-electron chi connectivity index (χ3n) is 3.86. The first-order valence-corrected chi connectivity index (χ1v) is 6.40. The second kappa shape index (κ2) is 4.01. The van der Waals surface area contributed by atoms with E-state index in [-0.39, 0.29) is 22.9 Å². The zero-order chi connectivity index (χ0) is 14.7. The molecule has 0 bridgehead atoms. The molecule has 1 heterocycles. The minimum Gasteiger partial charge on any atom is -0.480 e. The number of carbonyl (C=O) groups is 2. The third-order valence-corrected chi connectivity index (χ3v) is 3.86. The van der Waals surface area contributed by atoms with Crippen molar-refractivity contribution in [3.8, 4) is 0 Å². The summed E-state index contributed by atoms with van der Waals surface area (Å²) in [6, 6.07) is 5.62. The van der Waals surface area contributed by atoms with Gasteiger partial charge in [-0.3, -0.25) is 9.59 Å². The number of rotatable bonds is 0. The highest BCUT2D eigenvalue weighted by molar-refractivity contribution is 6.26. The average Bonchev–Trinajstić information content (AvgIpc) is 2.42. The highest BCUT2D eigenvalue weighted by atomic mass is 16.5. The van der Waals surface area contributed by atoms with Gasteiger partial charge in [0.05, 0.1) is 11.6 Å². The summed E-state index contributed by atoms with van der Waals surface area (Å²) in [7, 11) is 0. The SMILES string of the molecule is CC1(C)OC2=C(C(=O)c3ccccc3C2=O)C(N)C1O. The molecular weight excluding hydrogens is 258 g/mol. The number of ketones is 2. The van der Waals surface area contributed by atoms with E-state index in [0.717, 1.165) is 0 Å². The molecule has 5 heteroatoms. The molecule has 3 N–H and O–H groups in total. The van der Waals surface area contributed by atoms with Gasteiger partial charge in [0.15, 0.2) is 11.5 Å². The average molecular weight is 273 g/mol. The third kappa shape index (κ3) is 1.57. The zero-order valence-electron chi connectivity index (χ0n) is 11.2. The first kappa shape index (κ1) is 13.0. The fraction of sp³-hybridized carbons (Fsp3) is 0.333. The highest BCUT2D eigenvalue weighted by Gasteiger charge is 2.49. The number of carbonyl (C=O) groups excluding carboxylic acids is 2. The number of nitrogens with two attached hydrogens (primary N) is 1. The van der Waals surface area contributed by atoms with Crippen LogP contribution in [-0.4, -0.2) is 34.4 Å². The van der Waals surface area contributed by atoms with Gasteiger partial charge in [-0.1, -0.05) is 24.3 Å². The van der Waals surface area contributed by atoms with E-state index in [0.29, 0.717) is 11.1 Å². The molecule has 104 valence electrons. The van der Waals surface area contributed by atoms with Gasteiger partial charge in [0.1, 0.15) is 11.7 Å². The van der Waals surface area contributed by atoms with Crippen LogP contribution in [0.3, 0.4) is 0 Å². The smallest absolute Gasteiger partial charge is 0.228 e. The number of aliphatic hydroxyl groups excluding tert-OH is 1. The van der Waals surface area contributed by atoms with Crippen molar-refractivity contribution in [1.29, 1.82) is 0 Å². The predicted octanol–water partition coefficient (Wildman–Crippen LogP) is 0.817. The van der Waals surface area contributed by atoms with E-state index >= 15 is 0 Å². The molecular formula is C15H15NO4. The fourth-order valence-corrected chi connectivity index (χ4v) is 2.69. The quantitative estimate of drug-likeness (QED) is 0.730. The van der Waals surface area contributed by atoms with Crippen LogP contribution in [0.4, 0.5) is 0 Å². The van der Waals surface area contributed by atoms with Crippen LogP contribution in [0.2, 0.25) is 0 Å². The Morgan fingerprint density at radius 2 is 1.70 bits per heavy atom. The van der Waals surface area contributed by atoms with Gasteiger partial charge in [-0.05, 0) is 13.8 Å². The van der Waals surface area contributed by atoms with Crippen LogP contribution in [0, 0.1) is 0 Å². The van der Waals surface area contributed by atoms with Gasteiger partial charge in [-0.2, -0.15) is 0 Å². The Labute approximate surface area is 116 Å². The largest absolute Gasteiger partial charge is 0.480 e. The first-order valence-electron chi connectivity index (χ1n) is 6.40. The molecule has 2 aliphatic rings. The molecule has 2 atom stereocenters. The number of Topliss-reactive ketones (excluding diaryl/α,β-unsaturated/α-hetero) is 2. The van der Waals surface area contributed by atoms with Crippen molar-refractivity contribution in [2.75, 3.05) is 0 Å². The summed E-state index contributed by atoms with van der Waals surface area (Å²) < 4.78 is 5.58. The molecule has 5 nitrogen and oxygen atoms in total.